The monoisotopic (exact) mass is 419 g/mol. The smallest absolute Gasteiger partial charge is 0.312 e. The van der Waals surface area contributed by atoms with Gasteiger partial charge >= 0.3 is 12.0 Å². The first-order chi connectivity index (χ1) is 13.6. The second-order valence-corrected chi connectivity index (χ2v) is 6.96. The van der Waals surface area contributed by atoms with E-state index in [1.807, 2.05) is 0 Å². The number of Topliss-reactive ketones (excluding diaryl/α,β-unsaturated/α-hetero) is 2. The van der Waals surface area contributed by atoms with Crippen molar-refractivity contribution >= 4 is 35.2 Å². The zero-order valence-corrected chi connectivity index (χ0v) is 17.1. The van der Waals surface area contributed by atoms with Gasteiger partial charge in [-0.15, -0.1) is 0 Å². The summed E-state index contributed by atoms with van der Waals surface area (Å²) in [6.45, 7) is 4.25. The van der Waals surface area contributed by atoms with E-state index in [2.05, 4.69) is 10.3 Å². The summed E-state index contributed by atoms with van der Waals surface area (Å²) in [5.74, 6) is -1.35. The second-order valence-electron chi connectivity index (χ2n) is 6.55. The first-order valence-corrected chi connectivity index (χ1v) is 9.18. The molecule has 0 aliphatic heterocycles. The minimum Gasteiger partial charge on any atom is -0.457 e. The van der Waals surface area contributed by atoms with Gasteiger partial charge in [0.1, 0.15) is 0 Å². The van der Waals surface area contributed by atoms with Crippen LogP contribution in [-0.2, 0) is 9.53 Å². The van der Waals surface area contributed by atoms with Crippen molar-refractivity contribution in [3.05, 3.63) is 57.4 Å². The van der Waals surface area contributed by atoms with Crippen molar-refractivity contribution in [2.75, 3.05) is 6.61 Å². The highest BCUT2D eigenvalue weighted by atomic mass is 35.5. The maximum Gasteiger partial charge on any atom is 0.312 e. The molecule has 2 aromatic rings. The molecule has 1 heterocycles. The molecule has 0 saturated heterocycles. The first kappa shape index (κ1) is 22.2. The predicted octanol–water partition coefficient (Wildman–Crippen LogP) is 3.01. The summed E-state index contributed by atoms with van der Waals surface area (Å²) in [6.07, 6.45) is -0.263. The number of urea groups is 1. The third kappa shape index (κ3) is 5.45. The Labute approximate surface area is 172 Å². The Hall–Kier alpha value is -3.13. The van der Waals surface area contributed by atoms with Crippen LogP contribution in [0.15, 0.2) is 24.3 Å². The number of esters is 1. The number of hydrogen-bond acceptors (Lipinski definition) is 5. The number of ether oxygens (including phenoxy) is 1. The first-order valence-electron chi connectivity index (χ1n) is 8.81. The summed E-state index contributed by atoms with van der Waals surface area (Å²) in [5, 5.41) is 2.80. The highest BCUT2D eigenvalue weighted by Gasteiger charge is 2.23. The van der Waals surface area contributed by atoms with E-state index in [-0.39, 0.29) is 17.9 Å². The van der Waals surface area contributed by atoms with E-state index in [0.717, 1.165) is 0 Å². The van der Waals surface area contributed by atoms with Gasteiger partial charge in [0.15, 0.2) is 12.4 Å². The SMILES string of the molecule is CC(=O)c1c(C)[nH]c(C(=O)COC(=O)C[C@H](NC(N)=O)c2ccccc2Cl)c1C. The summed E-state index contributed by atoms with van der Waals surface area (Å²) in [5.41, 5.74) is 7.44. The summed E-state index contributed by atoms with van der Waals surface area (Å²) in [7, 11) is 0. The summed E-state index contributed by atoms with van der Waals surface area (Å²) in [6, 6.07) is 5.05. The minimum absolute atomic E-state index is 0.160. The van der Waals surface area contributed by atoms with Crippen LogP contribution in [-0.4, -0.2) is 35.2 Å². The molecule has 154 valence electrons. The van der Waals surface area contributed by atoms with E-state index < -0.39 is 30.4 Å². The van der Waals surface area contributed by atoms with Crippen molar-refractivity contribution in [1.29, 1.82) is 0 Å². The van der Waals surface area contributed by atoms with Crippen molar-refractivity contribution < 1.29 is 23.9 Å². The fourth-order valence-corrected chi connectivity index (χ4v) is 3.44. The van der Waals surface area contributed by atoms with Crippen LogP contribution in [0.5, 0.6) is 0 Å². The number of rotatable bonds is 8. The number of aryl methyl sites for hydroxylation is 1. The molecule has 1 aromatic carbocycles. The normalized spacial score (nSPS) is 11.6. The van der Waals surface area contributed by atoms with Gasteiger partial charge in [0, 0.05) is 16.3 Å². The summed E-state index contributed by atoms with van der Waals surface area (Å²) in [4.78, 5) is 50.5. The second kappa shape index (κ2) is 9.38. The molecule has 2 rings (SSSR count). The molecule has 1 aromatic heterocycles. The number of nitrogens with one attached hydrogen (secondary N) is 2. The van der Waals surface area contributed by atoms with Crippen molar-refractivity contribution in [2.24, 2.45) is 5.73 Å². The van der Waals surface area contributed by atoms with Gasteiger partial charge in [-0.1, -0.05) is 29.8 Å². The zero-order chi connectivity index (χ0) is 21.7. The van der Waals surface area contributed by atoms with Crippen LogP contribution in [0.25, 0.3) is 0 Å². The van der Waals surface area contributed by atoms with E-state index in [1.165, 1.54) is 6.92 Å². The summed E-state index contributed by atoms with van der Waals surface area (Å²) >= 11 is 6.12. The van der Waals surface area contributed by atoms with Gasteiger partial charge in [0.25, 0.3) is 0 Å². The van der Waals surface area contributed by atoms with E-state index in [0.29, 0.717) is 27.4 Å². The molecular formula is C20H22ClN3O5. The van der Waals surface area contributed by atoms with Crippen molar-refractivity contribution in [3.63, 3.8) is 0 Å². The van der Waals surface area contributed by atoms with Crippen LogP contribution < -0.4 is 11.1 Å². The van der Waals surface area contributed by atoms with E-state index in [4.69, 9.17) is 22.1 Å². The number of aromatic amines is 1. The number of H-pyrrole nitrogens is 1. The Balaban J connectivity index is 2.07. The molecule has 0 aliphatic carbocycles. The largest absolute Gasteiger partial charge is 0.457 e. The topological polar surface area (TPSA) is 131 Å². The van der Waals surface area contributed by atoms with Gasteiger partial charge in [0.05, 0.1) is 18.2 Å². The number of benzene rings is 1. The van der Waals surface area contributed by atoms with E-state index in [1.54, 1.807) is 38.1 Å². The van der Waals surface area contributed by atoms with Gasteiger partial charge in [-0.3, -0.25) is 14.4 Å². The maximum absolute atomic E-state index is 12.4. The molecule has 0 spiro atoms. The molecule has 4 N–H and O–H groups in total. The zero-order valence-electron chi connectivity index (χ0n) is 16.3. The van der Waals surface area contributed by atoms with E-state index in [9.17, 15) is 19.2 Å². The average Bonchev–Trinajstić information content (AvgIpc) is 2.93. The number of carbonyl (C=O) groups is 4. The molecular weight excluding hydrogens is 398 g/mol. The highest BCUT2D eigenvalue weighted by molar-refractivity contribution is 6.31. The highest BCUT2D eigenvalue weighted by Crippen LogP contribution is 2.25. The Morgan fingerprint density at radius 3 is 2.41 bits per heavy atom. The lowest BCUT2D eigenvalue weighted by Crippen LogP contribution is -2.35. The van der Waals surface area contributed by atoms with Gasteiger partial charge in [-0.05, 0) is 38.0 Å². The number of carbonyl (C=O) groups excluding carboxylic acids is 4. The van der Waals surface area contributed by atoms with Crippen LogP contribution in [0.4, 0.5) is 4.79 Å². The van der Waals surface area contributed by atoms with Crippen molar-refractivity contribution in [2.45, 2.75) is 33.2 Å². The molecule has 0 bridgehead atoms. The average molecular weight is 420 g/mol. The quantitative estimate of drug-likeness (QED) is 0.447. The van der Waals surface area contributed by atoms with Crippen LogP contribution in [0, 0.1) is 13.8 Å². The number of halogens is 1. The van der Waals surface area contributed by atoms with Gasteiger partial charge in [-0.25, -0.2) is 4.79 Å². The Morgan fingerprint density at radius 1 is 1.21 bits per heavy atom. The summed E-state index contributed by atoms with van der Waals surface area (Å²) < 4.78 is 5.07. The van der Waals surface area contributed by atoms with Crippen LogP contribution in [0.2, 0.25) is 5.02 Å². The lowest BCUT2D eigenvalue weighted by atomic mass is 10.0. The molecule has 0 fully saturated rings. The fraction of sp³-hybridized carbons (Fsp3) is 0.300. The molecule has 29 heavy (non-hydrogen) atoms. The van der Waals surface area contributed by atoms with Gasteiger partial charge < -0.3 is 20.8 Å². The predicted molar refractivity (Wildman–Crippen MR) is 107 cm³/mol. The molecule has 0 aliphatic rings. The number of aromatic nitrogens is 1. The number of amides is 2. The van der Waals surface area contributed by atoms with Gasteiger partial charge in [0.2, 0.25) is 5.78 Å². The molecule has 1 atom stereocenters. The number of primary amides is 1. The Bertz CT molecular complexity index is 967. The van der Waals surface area contributed by atoms with Gasteiger partial charge in [-0.2, -0.15) is 0 Å². The van der Waals surface area contributed by atoms with Crippen LogP contribution in [0.1, 0.15) is 57.1 Å². The standard InChI is InChI=1S/C20H22ClN3O5/c1-10-18(12(3)25)11(2)23-19(10)16(26)9-29-17(27)8-15(24-20(22)28)13-6-4-5-7-14(13)21/h4-7,15,23H,8-9H2,1-3H3,(H3,22,24,28)/t15-/m0/s1. The lowest BCUT2D eigenvalue weighted by Gasteiger charge is -2.18. The minimum atomic E-state index is -0.826. The van der Waals surface area contributed by atoms with Crippen molar-refractivity contribution in [3.8, 4) is 0 Å². The molecule has 0 unspecified atom stereocenters. The lowest BCUT2D eigenvalue weighted by molar-refractivity contribution is -0.143. The maximum atomic E-state index is 12.4. The number of hydrogen-bond donors (Lipinski definition) is 3. The van der Waals surface area contributed by atoms with Crippen LogP contribution in [0.3, 0.4) is 0 Å². The van der Waals surface area contributed by atoms with Crippen LogP contribution >= 0.6 is 11.6 Å². The molecule has 2 amide bonds. The van der Waals surface area contributed by atoms with E-state index >= 15 is 0 Å². The van der Waals surface area contributed by atoms with Crippen molar-refractivity contribution in [1.82, 2.24) is 10.3 Å². The Morgan fingerprint density at radius 2 is 1.86 bits per heavy atom. The molecule has 0 saturated carbocycles. The molecule has 0 radical (unpaired) electrons. The Kier molecular flexibility index (Phi) is 7.17. The molecule has 9 heteroatoms. The number of nitrogens with two attached hydrogens (primary N) is 1. The third-order valence-corrected chi connectivity index (χ3v) is 4.74. The fourth-order valence-electron chi connectivity index (χ4n) is 3.17. The third-order valence-electron chi connectivity index (χ3n) is 4.40. The number of ketones is 2. The molecule has 8 nitrogen and oxygen atoms in total.